The Bertz CT molecular complexity index is 1030. The Morgan fingerprint density at radius 2 is 1.92 bits per heavy atom. The summed E-state index contributed by atoms with van der Waals surface area (Å²) in [7, 11) is -2.10. The van der Waals surface area contributed by atoms with Crippen LogP contribution in [-0.4, -0.2) is 54.5 Å². The van der Waals surface area contributed by atoms with Crippen molar-refractivity contribution in [2.45, 2.75) is 102 Å². The van der Waals surface area contributed by atoms with E-state index in [1.165, 1.54) is 12.5 Å². The van der Waals surface area contributed by atoms with Gasteiger partial charge in [0.2, 0.25) is 14.1 Å². The van der Waals surface area contributed by atoms with Crippen LogP contribution in [0.2, 0.25) is 16.6 Å². The Kier molecular flexibility index (Phi) is 8.88. The quantitative estimate of drug-likeness (QED) is 0.274. The van der Waals surface area contributed by atoms with Crippen LogP contribution in [0.5, 0.6) is 0 Å². The number of aliphatic hydroxyl groups excluding tert-OH is 1. The molecule has 37 heavy (non-hydrogen) atoms. The third kappa shape index (κ3) is 5.69. The van der Waals surface area contributed by atoms with E-state index in [9.17, 15) is 9.90 Å². The maximum Gasteiger partial charge on any atom is 0.233 e. The number of hydrogen-bond acceptors (Lipinski definition) is 8. The molecule has 2 fully saturated rings. The van der Waals surface area contributed by atoms with Gasteiger partial charge in [-0.1, -0.05) is 41.5 Å². The summed E-state index contributed by atoms with van der Waals surface area (Å²) in [5.74, 6) is 0.520. The fourth-order valence-corrected chi connectivity index (χ4v) is 12.3. The smallest absolute Gasteiger partial charge is 0.233 e. The highest BCUT2D eigenvalue weighted by atomic mass is 28.4. The number of carbonyl (C=O) groups is 1. The molecule has 0 amide bonds. The van der Waals surface area contributed by atoms with Crippen LogP contribution in [0.25, 0.3) is 0 Å². The second kappa shape index (κ2) is 11.8. The van der Waals surface area contributed by atoms with Crippen molar-refractivity contribution in [1.29, 1.82) is 0 Å². The molecule has 1 aliphatic heterocycles. The van der Waals surface area contributed by atoms with Crippen LogP contribution in [-0.2, 0) is 9.16 Å². The van der Waals surface area contributed by atoms with E-state index in [1.807, 2.05) is 0 Å². The molecular formula is C28H43N3O5Si. The van der Waals surface area contributed by atoms with Gasteiger partial charge < -0.3 is 24.0 Å². The average molecular weight is 530 g/mol. The fraction of sp³-hybridized carbons (Fsp3) is 0.679. The summed E-state index contributed by atoms with van der Waals surface area (Å²) >= 11 is 0. The Balaban J connectivity index is 1.50. The molecule has 9 heteroatoms. The van der Waals surface area contributed by atoms with Gasteiger partial charge >= 0.3 is 0 Å². The van der Waals surface area contributed by atoms with Gasteiger partial charge in [-0.15, -0.1) is 0 Å². The number of aliphatic hydroxyl groups is 1. The summed E-state index contributed by atoms with van der Waals surface area (Å²) in [6.07, 6.45) is 8.00. The number of aromatic nitrogens is 2. The van der Waals surface area contributed by atoms with Gasteiger partial charge in [0, 0.05) is 36.9 Å². The van der Waals surface area contributed by atoms with Crippen LogP contribution in [0, 0.1) is 5.92 Å². The first kappa shape index (κ1) is 27.9. The fourth-order valence-electron chi connectivity index (χ4n) is 6.63. The lowest BCUT2D eigenvalue weighted by Gasteiger charge is -2.45. The average Bonchev–Trinajstić information content (AvgIpc) is 3.62. The van der Waals surface area contributed by atoms with Gasteiger partial charge in [-0.2, -0.15) is 0 Å². The van der Waals surface area contributed by atoms with Crippen molar-refractivity contribution >= 4 is 19.9 Å². The highest BCUT2D eigenvalue weighted by molar-refractivity contribution is 6.77. The van der Waals surface area contributed by atoms with Crippen molar-refractivity contribution < 1.29 is 23.5 Å². The van der Waals surface area contributed by atoms with Crippen molar-refractivity contribution in [3.05, 3.63) is 41.7 Å². The summed E-state index contributed by atoms with van der Waals surface area (Å²) in [5.41, 5.74) is 2.67. The van der Waals surface area contributed by atoms with Crippen LogP contribution >= 0.6 is 0 Å². The largest absolute Gasteiger partial charge is 0.460 e. The van der Waals surface area contributed by atoms with Gasteiger partial charge in [0.25, 0.3) is 0 Å². The molecule has 0 spiro atoms. The summed E-state index contributed by atoms with van der Waals surface area (Å²) in [5, 5.41) is 13.7. The molecule has 4 atom stereocenters. The Labute approximate surface area is 221 Å². The maximum absolute atomic E-state index is 13.4. The zero-order valence-electron chi connectivity index (χ0n) is 23.1. The Morgan fingerprint density at radius 1 is 1.19 bits per heavy atom. The molecule has 3 heterocycles. The molecule has 1 saturated carbocycles. The zero-order chi connectivity index (χ0) is 26.7. The number of furan rings is 1. The number of nitrogens with zero attached hydrogens (tertiary/aromatic N) is 2. The first-order valence-electron chi connectivity index (χ1n) is 13.8. The van der Waals surface area contributed by atoms with Gasteiger partial charge in [0.05, 0.1) is 24.0 Å². The predicted octanol–water partition coefficient (Wildman–Crippen LogP) is 5.90. The molecule has 204 valence electrons. The molecule has 0 unspecified atom stereocenters. The van der Waals surface area contributed by atoms with E-state index in [0.29, 0.717) is 28.0 Å². The van der Waals surface area contributed by atoms with E-state index >= 15 is 0 Å². The number of ketones is 1. The van der Waals surface area contributed by atoms with E-state index in [4.69, 9.17) is 13.6 Å². The van der Waals surface area contributed by atoms with Crippen LogP contribution in [0.4, 0.5) is 5.82 Å². The number of nitrogens with one attached hydrogen (secondary N) is 1. The summed E-state index contributed by atoms with van der Waals surface area (Å²) in [6.45, 7) is 14.5. The lowest BCUT2D eigenvalue weighted by atomic mass is 10.1. The van der Waals surface area contributed by atoms with Crippen LogP contribution in [0.1, 0.15) is 95.0 Å². The summed E-state index contributed by atoms with van der Waals surface area (Å²) in [6, 6.07) is 1.80. The van der Waals surface area contributed by atoms with Gasteiger partial charge in [-0.25, -0.2) is 9.97 Å². The highest BCUT2D eigenvalue weighted by Crippen LogP contribution is 2.46. The molecule has 0 aromatic carbocycles. The predicted molar refractivity (Wildman–Crippen MR) is 145 cm³/mol. The molecule has 1 aliphatic carbocycles. The molecule has 2 N–H and O–H groups in total. The molecule has 2 aliphatic rings. The molecular weight excluding hydrogens is 486 g/mol. The molecule has 4 rings (SSSR count). The van der Waals surface area contributed by atoms with E-state index < -0.39 is 8.32 Å². The van der Waals surface area contributed by atoms with Crippen molar-refractivity contribution in [3.8, 4) is 0 Å². The molecule has 2 aromatic heterocycles. The van der Waals surface area contributed by atoms with Crippen molar-refractivity contribution in [2.24, 2.45) is 5.92 Å². The van der Waals surface area contributed by atoms with Crippen molar-refractivity contribution in [3.63, 3.8) is 0 Å². The van der Waals surface area contributed by atoms with Gasteiger partial charge in [0.15, 0.2) is 5.76 Å². The summed E-state index contributed by atoms with van der Waals surface area (Å²) < 4.78 is 18.4. The topological polar surface area (TPSA) is 107 Å². The third-order valence-corrected chi connectivity index (χ3v) is 14.5. The normalized spacial score (nSPS) is 24.5. The van der Waals surface area contributed by atoms with E-state index in [0.717, 1.165) is 37.9 Å². The van der Waals surface area contributed by atoms with Gasteiger partial charge in [0.1, 0.15) is 12.1 Å². The lowest BCUT2D eigenvalue weighted by Crippen LogP contribution is -2.51. The third-order valence-electron chi connectivity index (χ3n) is 8.37. The monoisotopic (exact) mass is 529 g/mol. The number of hydrogen-bond donors (Lipinski definition) is 2. The van der Waals surface area contributed by atoms with E-state index in [2.05, 4.69) is 56.8 Å². The zero-order valence-corrected chi connectivity index (χ0v) is 24.1. The molecule has 8 nitrogen and oxygen atoms in total. The Morgan fingerprint density at radius 3 is 2.54 bits per heavy atom. The molecule has 0 bridgehead atoms. The van der Waals surface area contributed by atoms with Gasteiger partial charge in [-0.3, -0.25) is 4.79 Å². The standard InChI is InChI=1S/C28H43N3O5Si/c1-17(2)37(18(3)4,19(5)6)36-25-12-22(10-20(25)14-32)31-28-23(13-29-16-30-28)27(33)26-11-21(15-35-26)24-8-7-9-34-24/h11,13,15-20,22,24-25,32H,7-10,12,14H2,1-6H3,(H,29,30,31)/t20-,22-,24+,25+/m1/s1. The second-order valence-electron chi connectivity index (χ2n) is 11.6. The SMILES string of the molecule is CC(C)[Si](O[C@H]1C[C@H](Nc2ncncc2C(=O)c2cc([C@@H]3CCCO3)co2)C[C@@H]1CO)(C(C)C)C(C)C. The molecule has 1 saturated heterocycles. The lowest BCUT2D eigenvalue weighted by molar-refractivity contribution is 0.0941. The first-order chi connectivity index (χ1) is 17.7. The van der Waals surface area contributed by atoms with Crippen molar-refractivity contribution in [2.75, 3.05) is 18.5 Å². The number of rotatable bonds is 11. The minimum Gasteiger partial charge on any atom is -0.460 e. The maximum atomic E-state index is 13.4. The minimum atomic E-state index is -2.10. The second-order valence-corrected chi connectivity index (χ2v) is 17.0. The highest BCUT2D eigenvalue weighted by Gasteiger charge is 2.49. The first-order valence-corrected chi connectivity index (χ1v) is 15.9. The van der Waals surface area contributed by atoms with E-state index in [1.54, 1.807) is 12.3 Å². The number of ether oxygens (including phenoxy) is 1. The Hall–Kier alpha value is -2.07. The van der Waals surface area contributed by atoms with Crippen LogP contribution in [0.15, 0.2) is 29.3 Å². The van der Waals surface area contributed by atoms with Crippen LogP contribution in [0.3, 0.4) is 0 Å². The minimum absolute atomic E-state index is 0.0149. The molecule has 2 aromatic rings. The van der Waals surface area contributed by atoms with Gasteiger partial charge in [-0.05, 0) is 48.4 Å². The number of anilines is 1. The molecule has 0 radical (unpaired) electrons. The number of carbonyl (C=O) groups excluding carboxylic acids is 1. The van der Waals surface area contributed by atoms with Crippen LogP contribution < -0.4 is 5.32 Å². The summed E-state index contributed by atoms with van der Waals surface area (Å²) in [4.78, 5) is 21.9. The van der Waals surface area contributed by atoms with Crippen molar-refractivity contribution in [1.82, 2.24) is 9.97 Å². The van der Waals surface area contributed by atoms with E-state index in [-0.39, 0.29) is 42.3 Å².